The summed E-state index contributed by atoms with van der Waals surface area (Å²) in [6.07, 6.45) is -1.45. The number of phenolic OH excluding ortho intramolecular Hbond substituents is 1. The Labute approximate surface area is 157 Å². The maximum atomic E-state index is 13.0. The van der Waals surface area contributed by atoms with Crippen molar-refractivity contribution in [3.63, 3.8) is 0 Å². The van der Waals surface area contributed by atoms with Gasteiger partial charge in [-0.2, -0.15) is 0 Å². The van der Waals surface area contributed by atoms with Gasteiger partial charge in [0.15, 0.2) is 17.6 Å². The lowest BCUT2D eigenvalue weighted by Crippen LogP contribution is -2.32. The van der Waals surface area contributed by atoms with E-state index in [-0.39, 0.29) is 28.4 Å². The van der Waals surface area contributed by atoms with Crippen LogP contribution in [0.4, 0.5) is 0 Å². The zero-order valence-electron chi connectivity index (χ0n) is 15.9. The van der Waals surface area contributed by atoms with Crippen molar-refractivity contribution in [1.29, 1.82) is 0 Å². The molecular formula is C20H22O7. The standard InChI is InChI=1S/C20H22O7/c1-11-6-7-12(14(21)10-11)16(22)20(27-5)17(23)13-8-9-15(24-2)19(26-4)18(13)25-3/h6-10,20-21H,1-5H3. The monoisotopic (exact) mass is 374 g/mol. The lowest BCUT2D eigenvalue weighted by atomic mass is 9.96. The first-order valence-electron chi connectivity index (χ1n) is 8.09. The lowest BCUT2D eigenvalue weighted by molar-refractivity contribution is 0.0510. The molecule has 2 aromatic rings. The summed E-state index contributed by atoms with van der Waals surface area (Å²) in [7, 11) is 5.50. The van der Waals surface area contributed by atoms with Crippen LogP contribution in [0.3, 0.4) is 0 Å². The molecule has 7 nitrogen and oxygen atoms in total. The van der Waals surface area contributed by atoms with Crippen molar-refractivity contribution in [2.45, 2.75) is 13.0 Å². The average Bonchev–Trinajstić information content (AvgIpc) is 2.66. The van der Waals surface area contributed by atoms with Crippen LogP contribution in [0.15, 0.2) is 30.3 Å². The van der Waals surface area contributed by atoms with Crippen molar-refractivity contribution < 1.29 is 33.6 Å². The van der Waals surface area contributed by atoms with Gasteiger partial charge in [-0.3, -0.25) is 9.59 Å². The summed E-state index contributed by atoms with van der Waals surface area (Å²) < 4.78 is 20.9. The highest BCUT2D eigenvalue weighted by molar-refractivity contribution is 6.20. The van der Waals surface area contributed by atoms with E-state index in [4.69, 9.17) is 18.9 Å². The first-order chi connectivity index (χ1) is 12.9. The minimum atomic E-state index is -1.45. The molecule has 0 bridgehead atoms. The minimum absolute atomic E-state index is 0.000225. The van der Waals surface area contributed by atoms with Gasteiger partial charge in [0.2, 0.25) is 17.3 Å². The number of phenols is 1. The van der Waals surface area contributed by atoms with E-state index in [0.29, 0.717) is 5.75 Å². The summed E-state index contributed by atoms with van der Waals surface area (Å²) in [5.41, 5.74) is 0.882. The third-order valence-corrected chi connectivity index (χ3v) is 4.10. The van der Waals surface area contributed by atoms with Gasteiger partial charge in [0.25, 0.3) is 0 Å². The first kappa shape index (κ1) is 20.3. The number of carbonyl (C=O) groups excluding carboxylic acids is 2. The van der Waals surface area contributed by atoms with Crippen LogP contribution in [0.5, 0.6) is 23.0 Å². The fourth-order valence-corrected chi connectivity index (χ4v) is 2.76. The molecule has 1 N–H and O–H groups in total. The van der Waals surface area contributed by atoms with Gasteiger partial charge >= 0.3 is 0 Å². The maximum absolute atomic E-state index is 13.0. The molecule has 0 saturated carbocycles. The Kier molecular flexibility index (Phi) is 6.41. The van der Waals surface area contributed by atoms with E-state index < -0.39 is 17.7 Å². The number of aryl methyl sites for hydroxylation is 1. The fraction of sp³-hybridized carbons (Fsp3) is 0.300. The number of benzene rings is 2. The van der Waals surface area contributed by atoms with Crippen LogP contribution < -0.4 is 14.2 Å². The Morgan fingerprint density at radius 3 is 1.96 bits per heavy atom. The molecule has 0 aliphatic heterocycles. The van der Waals surface area contributed by atoms with E-state index in [0.717, 1.165) is 5.56 Å². The van der Waals surface area contributed by atoms with E-state index in [2.05, 4.69) is 0 Å². The van der Waals surface area contributed by atoms with Gasteiger partial charge < -0.3 is 24.1 Å². The predicted molar refractivity (Wildman–Crippen MR) is 98.4 cm³/mol. The molecule has 0 saturated heterocycles. The number of carbonyl (C=O) groups is 2. The topological polar surface area (TPSA) is 91.3 Å². The Morgan fingerprint density at radius 1 is 0.852 bits per heavy atom. The third kappa shape index (κ3) is 3.88. The molecule has 0 spiro atoms. The lowest BCUT2D eigenvalue weighted by Gasteiger charge is -2.18. The SMILES string of the molecule is COc1ccc(C(=O)C(OC)C(=O)c2ccc(C)cc2O)c(OC)c1OC. The van der Waals surface area contributed by atoms with Crippen molar-refractivity contribution in [3.05, 3.63) is 47.0 Å². The molecule has 0 aliphatic carbocycles. The van der Waals surface area contributed by atoms with Gasteiger partial charge in [0.1, 0.15) is 5.75 Å². The summed E-state index contributed by atoms with van der Waals surface area (Å²) in [4.78, 5) is 25.8. The van der Waals surface area contributed by atoms with Gasteiger partial charge in [-0.15, -0.1) is 0 Å². The van der Waals surface area contributed by atoms with Gasteiger partial charge in [-0.25, -0.2) is 0 Å². The summed E-state index contributed by atoms with van der Waals surface area (Å²) in [6.45, 7) is 1.78. The third-order valence-electron chi connectivity index (χ3n) is 4.10. The van der Waals surface area contributed by atoms with Crippen molar-refractivity contribution in [2.24, 2.45) is 0 Å². The second kappa shape index (κ2) is 8.55. The normalized spacial score (nSPS) is 11.6. The Balaban J connectivity index is 2.49. The van der Waals surface area contributed by atoms with Gasteiger partial charge in [-0.1, -0.05) is 6.07 Å². The quantitative estimate of drug-likeness (QED) is 0.561. The zero-order chi connectivity index (χ0) is 20.1. The largest absolute Gasteiger partial charge is 0.507 e. The number of rotatable bonds is 8. The van der Waals surface area contributed by atoms with Crippen LogP contribution in [-0.4, -0.2) is 51.2 Å². The molecule has 0 aromatic heterocycles. The number of hydrogen-bond donors (Lipinski definition) is 1. The predicted octanol–water partition coefficient (Wildman–Crippen LogP) is 2.81. The second-order valence-electron chi connectivity index (χ2n) is 5.75. The highest BCUT2D eigenvalue weighted by Crippen LogP contribution is 2.40. The Morgan fingerprint density at radius 2 is 1.44 bits per heavy atom. The number of methoxy groups -OCH3 is 4. The summed E-state index contributed by atoms with van der Waals surface area (Å²) >= 11 is 0. The molecule has 0 fully saturated rings. The zero-order valence-corrected chi connectivity index (χ0v) is 15.9. The Bertz CT molecular complexity index is 858. The first-order valence-corrected chi connectivity index (χ1v) is 8.09. The van der Waals surface area contributed by atoms with Crippen LogP contribution in [0.2, 0.25) is 0 Å². The minimum Gasteiger partial charge on any atom is -0.507 e. The highest BCUT2D eigenvalue weighted by Gasteiger charge is 2.33. The summed E-state index contributed by atoms with van der Waals surface area (Å²) in [6, 6.07) is 7.58. The van der Waals surface area contributed by atoms with Crippen LogP contribution in [0, 0.1) is 6.92 Å². The summed E-state index contributed by atoms with van der Waals surface area (Å²) in [5, 5.41) is 10.1. The Hall–Kier alpha value is -3.06. The van der Waals surface area contributed by atoms with Crippen molar-refractivity contribution in [3.8, 4) is 23.0 Å². The molecule has 1 unspecified atom stereocenters. The molecular weight excluding hydrogens is 352 g/mol. The smallest absolute Gasteiger partial charge is 0.204 e. The van der Waals surface area contributed by atoms with Gasteiger partial charge in [0, 0.05) is 7.11 Å². The van der Waals surface area contributed by atoms with E-state index in [1.54, 1.807) is 13.0 Å². The molecule has 0 aliphatic rings. The van der Waals surface area contributed by atoms with Crippen molar-refractivity contribution in [2.75, 3.05) is 28.4 Å². The fourth-order valence-electron chi connectivity index (χ4n) is 2.76. The molecule has 27 heavy (non-hydrogen) atoms. The van der Waals surface area contributed by atoms with Gasteiger partial charge in [-0.05, 0) is 36.8 Å². The molecule has 1 atom stereocenters. The van der Waals surface area contributed by atoms with Crippen LogP contribution in [0.25, 0.3) is 0 Å². The number of ketones is 2. The van der Waals surface area contributed by atoms with Crippen LogP contribution in [0.1, 0.15) is 26.3 Å². The van der Waals surface area contributed by atoms with Crippen molar-refractivity contribution >= 4 is 11.6 Å². The van der Waals surface area contributed by atoms with E-state index >= 15 is 0 Å². The van der Waals surface area contributed by atoms with E-state index in [9.17, 15) is 14.7 Å². The van der Waals surface area contributed by atoms with Crippen LogP contribution in [-0.2, 0) is 4.74 Å². The number of Topliss-reactive ketones (excluding diaryl/α,β-unsaturated/α-hetero) is 2. The molecule has 144 valence electrons. The molecule has 0 heterocycles. The number of hydrogen-bond acceptors (Lipinski definition) is 7. The molecule has 2 aromatic carbocycles. The van der Waals surface area contributed by atoms with E-state index in [1.807, 2.05) is 0 Å². The number of aromatic hydroxyl groups is 1. The number of ether oxygens (including phenoxy) is 4. The molecule has 7 heteroatoms. The second-order valence-corrected chi connectivity index (χ2v) is 5.75. The summed E-state index contributed by atoms with van der Waals surface area (Å²) in [5.74, 6) is -0.759. The molecule has 0 radical (unpaired) electrons. The maximum Gasteiger partial charge on any atom is 0.204 e. The van der Waals surface area contributed by atoms with Crippen molar-refractivity contribution in [1.82, 2.24) is 0 Å². The highest BCUT2D eigenvalue weighted by atomic mass is 16.5. The van der Waals surface area contributed by atoms with Crippen LogP contribution >= 0.6 is 0 Å². The van der Waals surface area contributed by atoms with Gasteiger partial charge in [0.05, 0.1) is 32.5 Å². The average molecular weight is 374 g/mol. The molecule has 2 rings (SSSR count). The molecule has 0 amide bonds. The van der Waals surface area contributed by atoms with E-state index in [1.165, 1.54) is 52.7 Å².